The van der Waals surface area contributed by atoms with Crippen molar-refractivity contribution in [2.24, 2.45) is 0 Å². The van der Waals surface area contributed by atoms with Crippen molar-refractivity contribution in [3.05, 3.63) is 30.1 Å². The van der Waals surface area contributed by atoms with E-state index in [-0.39, 0.29) is 11.9 Å². The lowest BCUT2D eigenvalue weighted by atomic mass is 10.0. The van der Waals surface area contributed by atoms with Gasteiger partial charge in [-0.15, -0.1) is 0 Å². The molecule has 1 unspecified atom stereocenters. The van der Waals surface area contributed by atoms with Gasteiger partial charge >= 0.3 is 0 Å². The number of piperidine rings is 1. The van der Waals surface area contributed by atoms with Crippen molar-refractivity contribution in [2.45, 2.75) is 31.8 Å². The van der Waals surface area contributed by atoms with Crippen LogP contribution in [0.1, 0.15) is 25.0 Å². The summed E-state index contributed by atoms with van der Waals surface area (Å²) in [6, 6.07) is 5.77. The van der Waals surface area contributed by atoms with Gasteiger partial charge in [-0.3, -0.25) is 9.78 Å². The van der Waals surface area contributed by atoms with Crippen LogP contribution in [0.5, 0.6) is 0 Å². The number of rotatable bonds is 3. The number of pyridine rings is 1. The zero-order valence-corrected chi connectivity index (χ0v) is 10.2. The highest BCUT2D eigenvalue weighted by atomic mass is 16.2. The number of amides is 1. The monoisotopic (exact) mass is 233 g/mol. The van der Waals surface area contributed by atoms with E-state index in [1.54, 1.807) is 11.1 Å². The lowest BCUT2D eigenvalue weighted by Gasteiger charge is -2.27. The largest absolute Gasteiger partial charge is 0.339 e. The molecule has 1 fully saturated rings. The average molecular weight is 233 g/mol. The number of likely N-dealkylation sites (N-methyl/N-ethyl adjacent to an activating group) is 1. The first-order valence-corrected chi connectivity index (χ1v) is 6.15. The Balaban J connectivity index is 1.90. The Morgan fingerprint density at radius 2 is 2.41 bits per heavy atom. The third kappa shape index (κ3) is 3.27. The van der Waals surface area contributed by atoms with Gasteiger partial charge in [-0.05, 0) is 31.5 Å². The molecule has 2 heterocycles. The second-order valence-electron chi connectivity index (χ2n) is 4.52. The van der Waals surface area contributed by atoms with Crippen molar-refractivity contribution < 1.29 is 4.79 Å². The quantitative estimate of drug-likeness (QED) is 0.852. The van der Waals surface area contributed by atoms with Gasteiger partial charge in [-0.2, -0.15) is 0 Å². The number of nitrogens with one attached hydrogen (secondary N) is 1. The van der Waals surface area contributed by atoms with E-state index < -0.39 is 0 Å². The van der Waals surface area contributed by atoms with Crippen molar-refractivity contribution in [3.8, 4) is 0 Å². The van der Waals surface area contributed by atoms with Crippen molar-refractivity contribution in [1.82, 2.24) is 15.2 Å². The summed E-state index contributed by atoms with van der Waals surface area (Å²) >= 11 is 0. The number of carbonyl (C=O) groups is 1. The first-order valence-electron chi connectivity index (χ1n) is 6.15. The van der Waals surface area contributed by atoms with Crippen molar-refractivity contribution in [3.63, 3.8) is 0 Å². The van der Waals surface area contributed by atoms with Crippen LogP contribution >= 0.6 is 0 Å². The lowest BCUT2D eigenvalue weighted by molar-refractivity contribution is -0.133. The molecular weight excluding hydrogens is 214 g/mol. The van der Waals surface area contributed by atoms with Crippen LogP contribution in [0.15, 0.2) is 24.4 Å². The summed E-state index contributed by atoms with van der Waals surface area (Å²) in [7, 11) is 1.84. The van der Waals surface area contributed by atoms with E-state index >= 15 is 0 Å². The minimum Gasteiger partial charge on any atom is -0.339 e. The number of nitrogens with zero attached hydrogens (tertiary/aromatic N) is 2. The summed E-state index contributed by atoms with van der Waals surface area (Å²) < 4.78 is 0. The van der Waals surface area contributed by atoms with E-state index in [1.165, 1.54) is 6.42 Å². The van der Waals surface area contributed by atoms with Crippen LogP contribution in [-0.4, -0.2) is 35.4 Å². The summed E-state index contributed by atoms with van der Waals surface area (Å²) in [5, 5.41) is 3.27. The fourth-order valence-corrected chi connectivity index (χ4v) is 2.14. The molecule has 92 valence electrons. The summed E-state index contributed by atoms with van der Waals surface area (Å²) in [5.41, 5.74) is 0.930. The van der Waals surface area contributed by atoms with Gasteiger partial charge in [0.05, 0.1) is 18.3 Å². The highest BCUT2D eigenvalue weighted by molar-refractivity contribution is 5.81. The summed E-state index contributed by atoms with van der Waals surface area (Å²) in [6.07, 6.45) is 5.02. The Hall–Kier alpha value is -1.42. The molecule has 0 radical (unpaired) electrons. The van der Waals surface area contributed by atoms with E-state index in [2.05, 4.69) is 10.3 Å². The van der Waals surface area contributed by atoms with Crippen molar-refractivity contribution in [1.29, 1.82) is 0 Å². The summed E-state index contributed by atoms with van der Waals surface area (Å²) in [5.74, 6) is 0.176. The summed E-state index contributed by atoms with van der Waals surface area (Å²) in [6.45, 7) is 1.53. The molecule has 4 nitrogen and oxygen atoms in total. The van der Waals surface area contributed by atoms with Gasteiger partial charge in [0.25, 0.3) is 0 Å². The van der Waals surface area contributed by atoms with Crippen LogP contribution in [0, 0.1) is 0 Å². The minimum absolute atomic E-state index is 0.00235. The highest BCUT2D eigenvalue weighted by Gasteiger charge is 2.23. The molecule has 0 aliphatic carbocycles. The van der Waals surface area contributed by atoms with Gasteiger partial charge in [0.1, 0.15) is 0 Å². The molecule has 1 aliphatic rings. The van der Waals surface area contributed by atoms with E-state index in [1.807, 2.05) is 25.2 Å². The Kier molecular flexibility index (Phi) is 4.09. The van der Waals surface area contributed by atoms with E-state index in [0.29, 0.717) is 6.54 Å². The first-order chi connectivity index (χ1) is 8.27. The van der Waals surface area contributed by atoms with Crippen LogP contribution in [0.25, 0.3) is 0 Å². The first kappa shape index (κ1) is 12.0. The molecule has 4 heteroatoms. The van der Waals surface area contributed by atoms with E-state index in [0.717, 1.165) is 25.1 Å². The molecule has 1 N–H and O–H groups in total. The fraction of sp³-hybridized carbons (Fsp3) is 0.538. The number of hydrogen-bond acceptors (Lipinski definition) is 3. The second-order valence-corrected chi connectivity index (χ2v) is 4.52. The SMILES string of the molecule is CN(Cc1ccccn1)C(=O)C1CCCCN1. The minimum atomic E-state index is -0.00235. The van der Waals surface area contributed by atoms with Gasteiger partial charge in [0.2, 0.25) is 5.91 Å². The highest BCUT2D eigenvalue weighted by Crippen LogP contribution is 2.10. The molecule has 1 aliphatic heterocycles. The molecule has 1 aromatic heterocycles. The molecule has 2 rings (SSSR count). The molecule has 0 saturated carbocycles. The predicted molar refractivity (Wildman–Crippen MR) is 66.4 cm³/mol. The third-order valence-electron chi connectivity index (χ3n) is 3.11. The molecule has 1 saturated heterocycles. The van der Waals surface area contributed by atoms with Gasteiger partial charge in [0.15, 0.2) is 0 Å². The summed E-state index contributed by atoms with van der Waals surface area (Å²) in [4.78, 5) is 18.1. The molecular formula is C13H19N3O. The molecule has 1 amide bonds. The molecule has 1 aromatic rings. The number of aromatic nitrogens is 1. The van der Waals surface area contributed by atoms with Gasteiger partial charge < -0.3 is 10.2 Å². The Morgan fingerprint density at radius 1 is 1.53 bits per heavy atom. The zero-order valence-electron chi connectivity index (χ0n) is 10.2. The number of carbonyl (C=O) groups excluding carboxylic acids is 1. The van der Waals surface area contributed by atoms with Crippen molar-refractivity contribution >= 4 is 5.91 Å². The van der Waals surface area contributed by atoms with Gasteiger partial charge in [0, 0.05) is 13.2 Å². The molecule has 0 spiro atoms. The number of hydrogen-bond donors (Lipinski definition) is 1. The fourth-order valence-electron chi connectivity index (χ4n) is 2.14. The average Bonchev–Trinajstić information content (AvgIpc) is 2.40. The van der Waals surface area contributed by atoms with Crippen LogP contribution in [0.3, 0.4) is 0 Å². The Bertz CT molecular complexity index is 360. The van der Waals surface area contributed by atoms with Crippen LogP contribution in [0.4, 0.5) is 0 Å². The Morgan fingerprint density at radius 3 is 3.06 bits per heavy atom. The molecule has 1 atom stereocenters. The Labute approximate surface area is 102 Å². The lowest BCUT2D eigenvalue weighted by Crippen LogP contribution is -2.47. The third-order valence-corrected chi connectivity index (χ3v) is 3.11. The van der Waals surface area contributed by atoms with Crippen molar-refractivity contribution in [2.75, 3.05) is 13.6 Å². The predicted octanol–water partition coefficient (Wildman–Crippen LogP) is 1.18. The zero-order chi connectivity index (χ0) is 12.1. The van der Waals surface area contributed by atoms with Crippen LogP contribution in [0.2, 0.25) is 0 Å². The van der Waals surface area contributed by atoms with Crippen LogP contribution < -0.4 is 5.32 Å². The topological polar surface area (TPSA) is 45.2 Å². The maximum absolute atomic E-state index is 12.1. The van der Waals surface area contributed by atoms with Gasteiger partial charge in [-0.25, -0.2) is 0 Å². The normalized spacial score (nSPS) is 19.9. The van der Waals surface area contributed by atoms with E-state index in [4.69, 9.17) is 0 Å². The van der Waals surface area contributed by atoms with Crippen LogP contribution in [-0.2, 0) is 11.3 Å². The van der Waals surface area contributed by atoms with E-state index in [9.17, 15) is 4.79 Å². The second kappa shape index (κ2) is 5.77. The maximum atomic E-state index is 12.1. The molecule has 0 bridgehead atoms. The molecule has 17 heavy (non-hydrogen) atoms. The smallest absolute Gasteiger partial charge is 0.239 e. The standard InChI is InChI=1S/C13H19N3O/c1-16(10-11-6-2-4-8-14-11)13(17)12-7-3-5-9-15-12/h2,4,6,8,12,15H,3,5,7,9-10H2,1H3. The van der Waals surface area contributed by atoms with Gasteiger partial charge in [-0.1, -0.05) is 12.5 Å². The molecule has 0 aromatic carbocycles. The maximum Gasteiger partial charge on any atom is 0.239 e.